The van der Waals surface area contributed by atoms with Crippen molar-refractivity contribution >= 4 is 0 Å². The monoisotopic (exact) mass is 304 g/mol. The summed E-state index contributed by atoms with van der Waals surface area (Å²) in [6, 6.07) is 0. The topological polar surface area (TPSA) is 108 Å². The highest BCUT2D eigenvalue weighted by molar-refractivity contribution is 5.05. The van der Waals surface area contributed by atoms with Crippen molar-refractivity contribution in [3.05, 3.63) is 0 Å². The third kappa shape index (κ3) is 3.39. The van der Waals surface area contributed by atoms with Crippen LogP contribution in [0.15, 0.2) is 0 Å². The largest absolute Gasteiger partial charge is 0.395 e. The molecule has 7 heteroatoms. The summed E-state index contributed by atoms with van der Waals surface area (Å²) >= 11 is 0. The van der Waals surface area contributed by atoms with Crippen molar-refractivity contribution in [1.29, 1.82) is 0 Å². The van der Waals surface area contributed by atoms with Gasteiger partial charge in [0.1, 0.15) is 6.10 Å². The zero-order valence-corrected chi connectivity index (χ0v) is 12.1. The molecule has 3 saturated heterocycles. The van der Waals surface area contributed by atoms with Crippen molar-refractivity contribution in [3.63, 3.8) is 0 Å². The second-order valence-electron chi connectivity index (χ2n) is 6.33. The van der Waals surface area contributed by atoms with Crippen molar-refractivity contribution in [2.45, 2.75) is 36.8 Å². The highest BCUT2D eigenvalue weighted by Crippen LogP contribution is 2.46. The van der Waals surface area contributed by atoms with Crippen LogP contribution in [0.2, 0.25) is 0 Å². The van der Waals surface area contributed by atoms with Gasteiger partial charge in [0.2, 0.25) is 0 Å². The van der Waals surface area contributed by atoms with Gasteiger partial charge in [0.25, 0.3) is 0 Å². The molecule has 0 aromatic heterocycles. The fourth-order valence-electron chi connectivity index (χ4n) is 2.89. The molecule has 3 unspecified atom stereocenters. The maximum absolute atomic E-state index is 9.85. The number of hydrogen-bond acceptors (Lipinski definition) is 7. The van der Waals surface area contributed by atoms with Gasteiger partial charge in [-0.3, -0.25) is 0 Å². The minimum atomic E-state index is -1.13. The van der Waals surface area contributed by atoms with E-state index in [9.17, 15) is 15.3 Å². The van der Waals surface area contributed by atoms with Gasteiger partial charge in [-0.2, -0.15) is 0 Å². The maximum Gasteiger partial charge on any atom is 0.104 e. The summed E-state index contributed by atoms with van der Waals surface area (Å²) in [4.78, 5) is 0. The third-order valence-corrected chi connectivity index (χ3v) is 4.74. The van der Waals surface area contributed by atoms with Gasteiger partial charge >= 0.3 is 0 Å². The molecular formula is C14H24O7. The molecule has 3 fully saturated rings. The van der Waals surface area contributed by atoms with Crippen LogP contribution < -0.4 is 0 Å². The van der Waals surface area contributed by atoms with Gasteiger partial charge in [-0.1, -0.05) is 0 Å². The number of hydrogen-bond donors (Lipinski definition) is 3. The first-order valence-electron chi connectivity index (χ1n) is 7.48. The number of aliphatic hydroxyl groups is 3. The molecule has 0 radical (unpaired) electrons. The van der Waals surface area contributed by atoms with E-state index in [1.807, 2.05) is 0 Å². The molecule has 7 nitrogen and oxygen atoms in total. The van der Waals surface area contributed by atoms with Crippen LogP contribution in [0.5, 0.6) is 0 Å². The Hall–Kier alpha value is -0.280. The molecule has 3 aliphatic rings. The molecule has 0 bridgehead atoms. The highest BCUT2D eigenvalue weighted by Gasteiger charge is 2.57. The molecule has 0 aromatic carbocycles. The van der Waals surface area contributed by atoms with E-state index in [1.54, 1.807) is 0 Å². The van der Waals surface area contributed by atoms with Crippen LogP contribution in [0.1, 0.15) is 12.8 Å². The van der Waals surface area contributed by atoms with Gasteiger partial charge in [-0.25, -0.2) is 0 Å². The van der Waals surface area contributed by atoms with Gasteiger partial charge in [0.15, 0.2) is 0 Å². The summed E-state index contributed by atoms with van der Waals surface area (Å²) in [7, 11) is 0. The van der Waals surface area contributed by atoms with E-state index in [1.165, 1.54) is 0 Å². The molecule has 3 rings (SSSR count). The SMILES string of the molecule is OCC(CO)(CO)C(CC1CO1)(CC1CO1)OCC1CO1. The zero-order valence-electron chi connectivity index (χ0n) is 12.1. The van der Waals surface area contributed by atoms with Crippen molar-refractivity contribution in [2.75, 3.05) is 46.2 Å². The summed E-state index contributed by atoms with van der Waals surface area (Å²) in [5.74, 6) is 0. The van der Waals surface area contributed by atoms with Crippen molar-refractivity contribution in [1.82, 2.24) is 0 Å². The summed E-state index contributed by atoms with van der Waals surface area (Å²) in [6.07, 6.45) is 1.22. The van der Waals surface area contributed by atoms with Gasteiger partial charge in [-0.15, -0.1) is 0 Å². The summed E-state index contributed by atoms with van der Waals surface area (Å²) in [6.45, 7) is 1.28. The number of rotatable bonds is 11. The lowest BCUT2D eigenvalue weighted by Gasteiger charge is -2.47. The summed E-state index contributed by atoms with van der Waals surface area (Å²) < 4.78 is 22.0. The Labute approximate surface area is 123 Å². The molecule has 0 aromatic rings. The molecule has 0 spiro atoms. The van der Waals surface area contributed by atoms with Crippen LogP contribution in [-0.4, -0.2) is 85.5 Å². The van der Waals surface area contributed by atoms with Gasteiger partial charge in [0, 0.05) is 12.8 Å². The Morgan fingerprint density at radius 1 is 0.810 bits per heavy atom. The fraction of sp³-hybridized carbons (Fsp3) is 1.00. The van der Waals surface area contributed by atoms with Gasteiger partial charge in [0.05, 0.1) is 69.5 Å². The Morgan fingerprint density at radius 3 is 1.57 bits per heavy atom. The Bertz CT molecular complexity index is 323. The van der Waals surface area contributed by atoms with Crippen LogP contribution in [0.4, 0.5) is 0 Å². The molecule has 0 aliphatic carbocycles. The standard InChI is InChI=1S/C14H24O7/c15-7-13(8-16,9-17)14(1-10-3-18-10,2-11-4-19-11)21-6-12-5-20-12/h10-12,15-17H,1-9H2. The van der Waals surface area contributed by atoms with E-state index in [2.05, 4.69) is 0 Å². The Morgan fingerprint density at radius 2 is 1.24 bits per heavy atom. The normalized spacial score (nSPS) is 33.6. The minimum absolute atomic E-state index is 0.0490. The average molecular weight is 304 g/mol. The van der Waals surface area contributed by atoms with Gasteiger partial charge in [-0.05, 0) is 0 Å². The minimum Gasteiger partial charge on any atom is -0.395 e. The smallest absolute Gasteiger partial charge is 0.104 e. The maximum atomic E-state index is 9.85. The molecule has 3 atom stereocenters. The lowest BCUT2D eigenvalue weighted by Crippen LogP contribution is -2.59. The lowest BCUT2D eigenvalue weighted by molar-refractivity contribution is -0.197. The Kier molecular flexibility index (Phi) is 4.52. The zero-order chi connectivity index (χ0) is 14.9. The van der Waals surface area contributed by atoms with Crippen LogP contribution >= 0.6 is 0 Å². The molecule has 3 N–H and O–H groups in total. The first-order valence-corrected chi connectivity index (χ1v) is 7.48. The molecule has 122 valence electrons. The van der Waals surface area contributed by atoms with E-state index < -0.39 is 11.0 Å². The van der Waals surface area contributed by atoms with Crippen LogP contribution in [0.25, 0.3) is 0 Å². The highest BCUT2D eigenvalue weighted by atomic mass is 16.6. The van der Waals surface area contributed by atoms with Crippen molar-refractivity contribution in [3.8, 4) is 0 Å². The molecule has 21 heavy (non-hydrogen) atoms. The predicted octanol–water partition coefficient (Wildman–Crippen LogP) is -1.32. The first-order chi connectivity index (χ1) is 10.2. The van der Waals surface area contributed by atoms with E-state index in [-0.39, 0.29) is 38.1 Å². The second-order valence-corrected chi connectivity index (χ2v) is 6.33. The van der Waals surface area contributed by atoms with Crippen LogP contribution in [0, 0.1) is 5.41 Å². The molecule has 0 amide bonds. The molecule has 0 saturated carbocycles. The summed E-state index contributed by atoms with van der Waals surface area (Å²) in [5.41, 5.74) is -2.00. The van der Waals surface area contributed by atoms with Crippen LogP contribution in [-0.2, 0) is 18.9 Å². The second kappa shape index (κ2) is 6.08. The molecular weight excluding hydrogens is 280 g/mol. The number of aliphatic hydroxyl groups excluding tert-OH is 3. The fourth-order valence-corrected chi connectivity index (χ4v) is 2.89. The van der Waals surface area contributed by atoms with E-state index in [0.29, 0.717) is 39.3 Å². The van der Waals surface area contributed by atoms with Crippen LogP contribution in [0.3, 0.4) is 0 Å². The molecule has 3 aliphatic heterocycles. The average Bonchev–Trinajstić information content (AvgIpc) is 3.34. The van der Waals surface area contributed by atoms with Crippen molar-refractivity contribution < 1.29 is 34.3 Å². The third-order valence-electron chi connectivity index (χ3n) is 4.74. The van der Waals surface area contributed by atoms with E-state index >= 15 is 0 Å². The molecule has 3 heterocycles. The number of ether oxygens (including phenoxy) is 4. The Balaban J connectivity index is 1.82. The van der Waals surface area contributed by atoms with E-state index in [0.717, 1.165) is 0 Å². The van der Waals surface area contributed by atoms with E-state index in [4.69, 9.17) is 18.9 Å². The first kappa shape index (κ1) is 15.6. The predicted molar refractivity (Wildman–Crippen MR) is 70.8 cm³/mol. The quantitative estimate of drug-likeness (QED) is 0.406. The lowest BCUT2D eigenvalue weighted by atomic mass is 9.68. The number of epoxide rings is 3. The van der Waals surface area contributed by atoms with Crippen molar-refractivity contribution in [2.24, 2.45) is 5.41 Å². The van der Waals surface area contributed by atoms with Gasteiger partial charge < -0.3 is 34.3 Å². The summed E-state index contributed by atoms with van der Waals surface area (Å²) in [5, 5.41) is 29.5.